The van der Waals surface area contributed by atoms with Crippen molar-refractivity contribution in [1.82, 2.24) is 19.4 Å². The number of aryl methyl sites for hydroxylation is 2. The van der Waals surface area contributed by atoms with Gasteiger partial charge >= 0.3 is 0 Å². The van der Waals surface area contributed by atoms with Crippen molar-refractivity contribution >= 4 is 29.7 Å². The average Bonchev–Trinajstić information content (AvgIpc) is 3.26. The second kappa shape index (κ2) is 10.6. The first-order chi connectivity index (χ1) is 15.7. The van der Waals surface area contributed by atoms with Gasteiger partial charge in [-0.25, -0.2) is 4.98 Å². The largest absolute Gasteiger partial charge is 0.328 e. The molecule has 7 heteroatoms. The Morgan fingerprint density at radius 3 is 2.55 bits per heavy atom. The Morgan fingerprint density at radius 1 is 0.970 bits per heavy atom. The molecule has 0 radical (unpaired) electrons. The summed E-state index contributed by atoms with van der Waals surface area (Å²) in [6, 6.07) is 14.6. The van der Waals surface area contributed by atoms with Gasteiger partial charge in [-0.1, -0.05) is 29.8 Å². The minimum absolute atomic E-state index is 0. The van der Waals surface area contributed by atoms with Crippen molar-refractivity contribution in [1.29, 1.82) is 0 Å². The van der Waals surface area contributed by atoms with Gasteiger partial charge in [0, 0.05) is 29.2 Å². The summed E-state index contributed by atoms with van der Waals surface area (Å²) in [5, 5.41) is 0.766. The molecule has 0 spiro atoms. The molecule has 1 aliphatic rings. The average molecular weight is 482 g/mol. The van der Waals surface area contributed by atoms with E-state index in [1.54, 1.807) is 0 Å². The smallest absolute Gasteiger partial charge is 0.159 e. The van der Waals surface area contributed by atoms with E-state index >= 15 is 0 Å². The van der Waals surface area contributed by atoms with Crippen LogP contribution in [0.4, 0.5) is 0 Å². The molecular weight excluding hydrogens is 453 g/mol. The summed E-state index contributed by atoms with van der Waals surface area (Å²) in [7, 11) is 0. The van der Waals surface area contributed by atoms with Crippen LogP contribution in [0.3, 0.4) is 0 Å². The van der Waals surface area contributed by atoms with E-state index in [1.165, 1.54) is 18.4 Å². The monoisotopic (exact) mass is 481 g/mol. The van der Waals surface area contributed by atoms with E-state index in [1.807, 2.05) is 30.7 Å². The Hall–Kier alpha value is -2.47. The molecule has 3 heterocycles. The first-order valence-electron chi connectivity index (χ1n) is 11.4. The van der Waals surface area contributed by atoms with Gasteiger partial charge in [0.05, 0.1) is 23.3 Å². The lowest BCUT2D eigenvalue weighted by Gasteiger charge is -2.25. The third-order valence-electron chi connectivity index (χ3n) is 6.53. The van der Waals surface area contributed by atoms with Crippen molar-refractivity contribution in [2.75, 3.05) is 0 Å². The number of imidazole rings is 1. The molecule has 5 nitrogen and oxygen atoms in total. The SMILES string of the molecule is Cl.NC1CCC(Cc2nccn3c(-c4cccc(CCc5ccc(Cl)cc5)n4)cnc23)CC1. The Morgan fingerprint density at radius 2 is 1.76 bits per heavy atom. The highest BCUT2D eigenvalue weighted by Gasteiger charge is 2.21. The van der Waals surface area contributed by atoms with Crippen LogP contribution in [0.1, 0.15) is 42.6 Å². The molecule has 2 N–H and O–H groups in total. The molecule has 0 bridgehead atoms. The predicted molar refractivity (Wildman–Crippen MR) is 136 cm³/mol. The molecule has 0 aliphatic heterocycles. The number of aromatic nitrogens is 4. The molecule has 0 saturated heterocycles. The molecule has 172 valence electrons. The van der Waals surface area contributed by atoms with Gasteiger partial charge in [-0.2, -0.15) is 0 Å². The summed E-state index contributed by atoms with van der Waals surface area (Å²) >= 11 is 6.00. The zero-order valence-electron chi connectivity index (χ0n) is 18.5. The van der Waals surface area contributed by atoms with Gasteiger partial charge < -0.3 is 5.73 Å². The quantitative estimate of drug-likeness (QED) is 0.382. The van der Waals surface area contributed by atoms with Crippen LogP contribution in [0.25, 0.3) is 17.0 Å². The van der Waals surface area contributed by atoms with Gasteiger partial charge in [0.25, 0.3) is 0 Å². The fraction of sp³-hybridized carbons (Fsp3) is 0.346. The summed E-state index contributed by atoms with van der Waals surface area (Å²) in [6.07, 6.45) is 13.1. The number of benzene rings is 1. The summed E-state index contributed by atoms with van der Waals surface area (Å²) in [6.45, 7) is 0. The van der Waals surface area contributed by atoms with Crippen molar-refractivity contribution < 1.29 is 0 Å². The Kier molecular flexibility index (Phi) is 7.63. The first kappa shape index (κ1) is 23.7. The lowest BCUT2D eigenvalue weighted by Crippen LogP contribution is -2.27. The third-order valence-corrected chi connectivity index (χ3v) is 6.78. The molecule has 0 amide bonds. The number of halogens is 2. The summed E-state index contributed by atoms with van der Waals surface area (Å²) in [4.78, 5) is 14.3. The summed E-state index contributed by atoms with van der Waals surface area (Å²) in [5.74, 6) is 0.642. The van der Waals surface area contributed by atoms with E-state index < -0.39 is 0 Å². The molecule has 1 saturated carbocycles. The highest BCUT2D eigenvalue weighted by Crippen LogP contribution is 2.28. The van der Waals surface area contributed by atoms with Crippen molar-refractivity contribution in [3.05, 3.63) is 83.0 Å². The lowest BCUT2D eigenvalue weighted by atomic mass is 9.84. The highest BCUT2D eigenvalue weighted by atomic mass is 35.5. The number of hydrogen-bond donors (Lipinski definition) is 1. The molecule has 1 aliphatic carbocycles. The van der Waals surface area contributed by atoms with Crippen molar-refractivity contribution in [2.45, 2.75) is 51.0 Å². The zero-order chi connectivity index (χ0) is 21.9. The zero-order valence-corrected chi connectivity index (χ0v) is 20.1. The Bertz CT molecular complexity index is 1200. The van der Waals surface area contributed by atoms with Crippen molar-refractivity contribution in [3.63, 3.8) is 0 Å². The predicted octanol–water partition coefficient (Wildman–Crippen LogP) is 5.71. The van der Waals surface area contributed by atoms with E-state index in [0.717, 1.165) is 65.5 Å². The lowest BCUT2D eigenvalue weighted by molar-refractivity contribution is 0.323. The molecule has 1 aromatic carbocycles. The fourth-order valence-electron chi connectivity index (χ4n) is 4.66. The van der Waals surface area contributed by atoms with Gasteiger partial charge in [0.1, 0.15) is 0 Å². The normalized spacial score (nSPS) is 18.2. The van der Waals surface area contributed by atoms with Crippen LogP contribution in [-0.2, 0) is 19.3 Å². The number of nitrogens with zero attached hydrogens (tertiary/aromatic N) is 4. The van der Waals surface area contributed by atoms with E-state index in [4.69, 9.17) is 27.3 Å². The first-order valence-corrected chi connectivity index (χ1v) is 11.8. The maximum absolute atomic E-state index is 6.08. The topological polar surface area (TPSA) is 69.1 Å². The molecular formula is C26H29Cl2N5. The highest BCUT2D eigenvalue weighted by molar-refractivity contribution is 6.30. The number of fused-ring (bicyclic) bond motifs is 1. The summed E-state index contributed by atoms with van der Waals surface area (Å²) in [5.41, 5.74) is 12.3. The van der Waals surface area contributed by atoms with Gasteiger partial charge in [-0.15, -0.1) is 12.4 Å². The molecule has 0 unspecified atom stereocenters. The van der Waals surface area contributed by atoms with Crippen LogP contribution in [-0.4, -0.2) is 25.4 Å². The van der Waals surface area contributed by atoms with E-state index in [9.17, 15) is 0 Å². The number of rotatable bonds is 6. The second-order valence-corrected chi connectivity index (χ2v) is 9.27. The minimum atomic E-state index is 0. The number of hydrogen-bond acceptors (Lipinski definition) is 4. The maximum atomic E-state index is 6.08. The fourth-order valence-corrected chi connectivity index (χ4v) is 4.78. The van der Waals surface area contributed by atoms with Crippen LogP contribution in [0.5, 0.6) is 0 Å². The van der Waals surface area contributed by atoms with Gasteiger partial charge in [-0.3, -0.25) is 14.4 Å². The number of pyridine rings is 1. The Balaban J connectivity index is 0.00000259. The minimum Gasteiger partial charge on any atom is -0.328 e. The second-order valence-electron chi connectivity index (χ2n) is 8.84. The van der Waals surface area contributed by atoms with Crippen molar-refractivity contribution in [2.24, 2.45) is 11.7 Å². The molecule has 33 heavy (non-hydrogen) atoms. The van der Waals surface area contributed by atoms with Crippen LogP contribution in [0.2, 0.25) is 5.02 Å². The van der Waals surface area contributed by atoms with E-state index in [0.29, 0.717) is 12.0 Å². The van der Waals surface area contributed by atoms with Crippen LogP contribution in [0, 0.1) is 5.92 Å². The van der Waals surface area contributed by atoms with Gasteiger partial charge in [0.2, 0.25) is 0 Å². The molecule has 1 fully saturated rings. The number of nitrogens with two attached hydrogens (primary N) is 1. The third kappa shape index (κ3) is 5.55. The van der Waals surface area contributed by atoms with Crippen LogP contribution >= 0.6 is 24.0 Å². The van der Waals surface area contributed by atoms with Gasteiger partial charge in [0.15, 0.2) is 5.65 Å². The summed E-state index contributed by atoms with van der Waals surface area (Å²) < 4.78 is 2.13. The molecule has 0 atom stereocenters. The van der Waals surface area contributed by atoms with Crippen LogP contribution < -0.4 is 5.73 Å². The van der Waals surface area contributed by atoms with Crippen LogP contribution in [0.15, 0.2) is 61.1 Å². The molecule has 5 rings (SSSR count). The van der Waals surface area contributed by atoms with E-state index in [-0.39, 0.29) is 12.4 Å². The molecule has 3 aromatic heterocycles. The van der Waals surface area contributed by atoms with E-state index in [2.05, 4.69) is 39.7 Å². The van der Waals surface area contributed by atoms with Crippen molar-refractivity contribution in [3.8, 4) is 11.4 Å². The maximum Gasteiger partial charge on any atom is 0.159 e. The molecule has 4 aromatic rings. The standard InChI is InChI=1S/C26H28ClN5.ClH/c27-20-9-4-18(5-10-20)8-13-22-2-1-3-23(31-22)25-17-30-26-24(29-14-15-32(25)26)16-19-6-11-21(28)12-7-19;/h1-5,9-10,14-15,17,19,21H,6-8,11-13,16,28H2;1H. The Labute approximate surface area is 205 Å². The van der Waals surface area contributed by atoms with Gasteiger partial charge in [-0.05, 0) is 80.7 Å².